The van der Waals surface area contributed by atoms with Gasteiger partial charge < -0.3 is 23.4 Å². The predicted octanol–water partition coefficient (Wildman–Crippen LogP) is 4.11. The molecule has 1 heterocycles. The molecule has 156 valence electrons. The van der Waals surface area contributed by atoms with Gasteiger partial charge in [0.1, 0.15) is 11.3 Å². The van der Waals surface area contributed by atoms with Crippen LogP contribution in [0.15, 0.2) is 51.7 Å². The van der Waals surface area contributed by atoms with Gasteiger partial charge in [-0.25, -0.2) is 4.79 Å². The van der Waals surface area contributed by atoms with Gasteiger partial charge >= 0.3 is 5.63 Å². The molecule has 0 bridgehead atoms. The van der Waals surface area contributed by atoms with Gasteiger partial charge in [0.2, 0.25) is 0 Å². The number of hydrogen-bond acceptors (Lipinski definition) is 7. The molecular weight excluding hydrogens is 388 g/mol. The molecule has 0 aliphatic rings. The van der Waals surface area contributed by atoms with Crippen LogP contribution >= 0.6 is 0 Å². The second kappa shape index (κ2) is 9.17. The summed E-state index contributed by atoms with van der Waals surface area (Å²) < 4.78 is 26.7. The average molecular weight is 410 g/mol. The lowest BCUT2D eigenvalue weighted by Crippen LogP contribution is -2.12. The van der Waals surface area contributed by atoms with Crippen molar-refractivity contribution in [3.63, 3.8) is 0 Å². The number of carbonyl (C=O) groups is 1. The zero-order valence-electron chi connectivity index (χ0n) is 17.2. The van der Waals surface area contributed by atoms with Crippen molar-refractivity contribution in [2.75, 3.05) is 27.9 Å². The van der Waals surface area contributed by atoms with Crippen LogP contribution in [0.4, 0.5) is 0 Å². The minimum absolute atomic E-state index is 0.0770. The van der Waals surface area contributed by atoms with Crippen molar-refractivity contribution in [1.82, 2.24) is 0 Å². The summed E-state index contributed by atoms with van der Waals surface area (Å²) in [5.41, 5.74) is 0.0918. The van der Waals surface area contributed by atoms with Crippen LogP contribution in [0.25, 0.3) is 17.0 Å². The molecule has 0 saturated heterocycles. The van der Waals surface area contributed by atoms with Crippen LogP contribution in [-0.2, 0) is 0 Å². The Balaban J connectivity index is 1.98. The molecule has 7 heteroatoms. The molecule has 0 atom stereocenters. The SMILES string of the molecule is CCOc1cccc2cc(C(=O)/C=C/c3cc(OC)c(OC)cc3OC)c(=O)oc12. The first-order valence-electron chi connectivity index (χ1n) is 9.24. The van der Waals surface area contributed by atoms with Crippen LogP contribution in [0.2, 0.25) is 0 Å². The van der Waals surface area contributed by atoms with Crippen molar-refractivity contribution in [2.45, 2.75) is 6.92 Å². The molecule has 0 saturated carbocycles. The van der Waals surface area contributed by atoms with E-state index in [-0.39, 0.29) is 5.56 Å². The summed E-state index contributed by atoms with van der Waals surface area (Å²) in [6.45, 7) is 2.27. The van der Waals surface area contributed by atoms with Crippen molar-refractivity contribution >= 4 is 22.8 Å². The zero-order chi connectivity index (χ0) is 21.7. The third-order valence-electron chi connectivity index (χ3n) is 4.44. The van der Waals surface area contributed by atoms with Crippen molar-refractivity contribution in [2.24, 2.45) is 0 Å². The summed E-state index contributed by atoms with van der Waals surface area (Å²) in [6, 6.07) is 10.1. The third-order valence-corrected chi connectivity index (χ3v) is 4.44. The molecule has 1 aromatic heterocycles. The first kappa shape index (κ1) is 21.0. The second-order valence-electron chi connectivity index (χ2n) is 6.20. The lowest BCUT2D eigenvalue weighted by molar-refractivity contribution is 0.104. The Morgan fingerprint density at radius 2 is 1.67 bits per heavy atom. The van der Waals surface area contributed by atoms with Gasteiger partial charge in [0, 0.05) is 17.0 Å². The van der Waals surface area contributed by atoms with Gasteiger partial charge in [0.15, 0.2) is 28.6 Å². The van der Waals surface area contributed by atoms with Crippen LogP contribution < -0.4 is 24.6 Å². The molecule has 0 aliphatic heterocycles. The Bertz CT molecular complexity index is 1160. The smallest absolute Gasteiger partial charge is 0.347 e. The maximum atomic E-state index is 12.7. The monoisotopic (exact) mass is 410 g/mol. The molecule has 30 heavy (non-hydrogen) atoms. The summed E-state index contributed by atoms with van der Waals surface area (Å²) >= 11 is 0. The number of ether oxygens (including phenoxy) is 4. The molecule has 2 aromatic carbocycles. The Kier molecular flexibility index (Phi) is 6.41. The van der Waals surface area contributed by atoms with E-state index < -0.39 is 11.4 Å². The minimum atomic E-state index is -0.733. The van der Waals surface area contributed by atoms with E-state index in [1.54, 1.807) is 36.4 Å². The quantitative estimate of drug-likeness (QED) is 0.314. The van der Waals surface area contributed by atoms with Crippen molar-refractivity contribution in [3.05, 3.63) is 64.0 Å². The number of rotatable bonds is 8. The van der Waals surface area contributed by atoms with Gasteiger partial charge in [-0.15, -0.1) is 0 Å². The minimum Gasteiger partial charge on any atom is -0.496 e. The maximum Gasteiger partial charge on any atom is 0.347 e. The summed E-state index contributed by atoms with van der Waals surface area (Å²) in [5, 5.41) is 0.598. The summed E-state index contributed by atoms with van der Waals surface area (Å²) in [6.07, 6.45) is 2.83. The van der Waals surface area contributed by atoms with E-state index in [4.69, 9.17) is 23.4 Å². The molecule has 3 aromatic rings. The molecule has 0 aliphatic carbocycles. The first-order valence-corrected chi connectivity index (χ1v) is 9.24. The second-order valence-corrected chi connectivity index (χ2v) is 6.20. The highest BCUT2D eigenvalue weighted by atomic mass is 16.5. The van der Waals surface area contributed by atoms with Crippen LogP contribution in [0.1, 0.15) is 22.8 Å². The number of benzene rings is 2. The average Bonchev–Trinajstić information content (AvgIpc) is 2.77. The molecule has 0 amide bonds. The van der Waals surface area contributed by atoms with Gasteiger partial charge in [0.05, 0.1) is 27.9 Å². The Hall–Kier alpha value is -3.74. The highest BCUT2D eigenvalue weighted by molar-refractivity contribution is 6.08. The van der Waals surface area contributed by atoms with E-state index in [0.717, 1.165) is 0 Å². The number of ketones is 1. The Labute approximate surface area is 173 Å². The lowest BCUT2D eigenvalue weighted by Gasteiger charge is -2.12. The third kappa shape index (κ3) is 4.15. The van der Waals surface area contributed by atoms with E-state index in [1.165, 1.54) is 33.5 Å². The number of carbonyl (C=O) groups excluding carboxylic acids is 1. The largest absolute Gasteiger partial charge is 0.496 e. The Morgan fingerprint density at radius 3 is 2.33 bits per heavy atom. The molecule has 0 unspecified atom stereocenters. The molecular formula is C23H22O7. The zero-order valence-corrected chi connectivity index (χ0v) is 17.2. The molecule has 3 rings (SSSR count). The van der Waals surface area contributed by atoms with Crippen LogP contribution in [-0.4, -0.2) is 33.7 Å². The van der Waals surface area contributed by atoms with E-state index in [1.807, 2.05) is 6.92 Å². The molecule has 0 N–H and O–H groups in total. The van der Waals surface area contributed by atoms with Crippen LogP contribution in [0, 0.1) is 0 Å². The fourth-order valence-electron chi connectivity index (χ4n) is 3.00. The van der Waals surface area contributed by atoms with Gasteiger partial charge in [-0.3, -0.25) is 4.79 Å². The maximum absolute atomic E-state index is 12.7. The lowest BCUT2D eigenvalue weighted by atomic mass is 10.1. The van der Waals surface area contributed by atoms with Crippen LogP contribution in [0.3, 0.4) is 0 Å². The van der Waals surface area contributed by atoms with Crippen molar-refractivity contribution in [1.29, 1.82) is 0 Å². The topological polar surface area (TPSA) is 84.2 Å². The van der Waals surface area contributed by atoms with Gasteiger partial charge in [-0.1, -0.05) is 12.1 Å². The van der Waals surface area contributed by atoms with E-state index in [2.05, 4.69) is 0 Å². The number of allylic oxidation sites excluding steroid dienone is 1. The number of methoxy groups -OCH3 is 3. The molecule has 0 spiro atoms. The molecule has 0 radical (unpaired) electrons. The summed E-state index contributed by atoms with van der Waals surface area (Å²) in [5.74, 6) is 1.43. The van der Waals surface area contributed by atoms with E-state index in [0.29, 0.717) is 46.1 Å². The highest BCUT2D eigenvalue weighted by Crippen LogP contribution is 2.35. The van der Waals surface area contributed by atoms with Crippen LogP contribution in [0.5, 0.6) is 23.0 Å². The number of para-hydroxylation sites is 1. The fraction of sp³-hybridized carbons (Fsp3) is 0.217. The van der Waals surface area contributed by atoms with Gasteiger partial charge in [0.25, 0.3) is 0 Å². The van der Waals surface area contributed by atoms with Crippen molar-refractivity contribution < 1.29 is 28.2 Å². The van der Waals surface area contributed by atoms with E-state index in [9.17, 15) is 9.59 Å². The normalized spacial score (nSPS) is 10.9. The standard InChI is InChI=1S/C23H22O7/c1-5-29-18-8-6-7-15-11-16(23(25)30-22(15)18)17(24)10-9-14-12-20(27-3)21(28-4)13-19(14)26-2/h6-13H,5H2,1-4H3/b10-9+. The van der Waals surface area contributed by atoms with Gasteiger partial charge in [-0.05, 0) is 37.3 Å². The first-order chi connectivity index (χ1) is 14.5. The van der Waals surface area contributed by atoms with Crippen molar-refractivity contribution in [3.8, 4) is 23.0 Å². The van der Waals surface area contributed by atoms with Gasteiger partial charge in [-0.2, -0.15) is 0 Å². The predicted molar refractivity (Wildman–Crippen MR) is 113 cm³/mol. The molecule has 7 nitrogen and oxygen atoms in total. The summed E-state index contributed by atoms with van der Waals surface area (Å²) in [4.78, 5) is 25.1. The highest BCUT2D eigenvalue weighted by Gasteiger charge is 2.15. The molecule has 0 fully saturated rings. The fourth-order valence-corrected chi connectivity index (χ4v) is 3.00. The number of hydrogen-bond donors (Lipinski definition) is 0. The van der Waals surface area contributed by atoms with E-state index >= 15 is 0 Å². The Morgan fingerprint density at radius 1 is 0.967 bits per heavy atom. The summed E-state index contributed by atoms with van der Waals surface area (Å²) in [7, 11) is 4.54. The number of fused-ring (bicyclic) bond motifs is 1.